The number of fused-ring (bicyclic) bond motifs is 1. The summed E-state index contributed by atoms with van der Waals surface area (Å²) >= 11 is 0. The van der Waals surface area contributed by atoms with Gasteiger partial charge < -0.3 is 19.3 Å². The van der Waals surface area contributed by atoms with Crippen molar-refractivity contribution in [3.63, 3.8) is 0 Å². The number of halogens is 4. The molecule has 41 heavy (non-hydrogen) atoms. The van der Waals surface area contributed by atoms with Crippen LogP contribution in [0.3, 0.4) is 0 Å². The first kappa shape index (κ1) is 30.2. The van der Waals surface area contributed by atoms with E-state index in [0.29, 0.717) is 6.42 Å². The molecular weight excluding hydrogens is 576 g/mol. The van der Waals surface area contributed by atoms with Gasteiger partial charge in [-0.05, 0) is 62.4 Å². The number of amides is 1. The molecule has 4 rings (SSSR count). The molecule has 2 N–H and O–H groups in total. The summed E-state index contributed by atoms with van der Waals surface area (Å²) in [5, 5.41) is 11.3. The van der Waals surface area contributed by atoms with Crippen LogP contribution in [0.15, 0.2) is 41.3 Å². The zero-order valence-corrected chi connectivity index (χ0v) is 22.7. The maximum atomic E-state index is 14.0. The first-order valence-corrected chi connectivity index (χ1v) is 14.2. The zero-order valence-electron chi connectivity index (χ0n) is 21.9. The Kier molecular flexibility index (Phi) is 8.57. The molecular formula is C26H28F4N2O8S. The van der Waals surface area contributed by atoms with Gasteiger partial charge in [0, 0.05) is 18.2 Å². The van der Waals surface area contributed by atoms with E-state index in [9.17, 15) is 35.6 Å². The van der Waals surface area contributed by atoms with Crippen molar-refractivity contribution in [2.75, 3.05) is 23.3 Å². The van der Waals surface area contributed by atoms with Gasteiger partial charge in [-0.15, -0.1) is 0 Å². The number of hydrogen-bond donors (Lipinski definition) is 2. The Morgan fingerprint density at radius 2 is 1.85 bits per heavy atom. The molecule has 1 unspecified atom stereocenters. The third kappa shape index (κ3) is 6.44. The van der Waals surface area contributed by atoms with Crippen molar-refractivity contribution in [1.82, 2.24) is 0 Å². The van der Waals surface area contributed by atoms with E-state index in [4.69, 9.17) is 19.3 Å². The van der Waals surface area contributed by atoms with Crippen molar-refractivity contribution in [1.29, 1.82) is 0 Å². The van der Waals surface area contributed by atoms with Crippen LogP contribution in [0.2, 0.25) is 0 Å². The second-order valence-corrected chi connectivity index (χ2v) is 11.6. The lowest BCUT2D eigenvalue weighted by atomic mass is 9.84. The van der Waals surface area contributed by atoms with Crippen LogP contribution in [0.25, 0.3) is 0 Å². The molecule has 1 aliphatic heterocycles. The van der Waals surface area contributed by atoms with Gasteiger partial charge in [0.1, 0.15) is 11.9 Å². The van der Waals surface area contributed by atoms with E-state index < -0.39 is 45.8 Å². The highest BCUT2D eigenvalue weighted by Gasteiger charge is 2.58. The molecule has 1 aliphatic carbocycles. The molecule has 1 fully saturated rings. The van der Waals surface area contributed by atoms with Crippen LogP contribution in [0, 0.1) is 5.82 Å². The van der Waals surface area contributed by atoms with Crippen molar-refractivity contribution >= 4 is 33.5 Å². The number of carboxylic acid groups (broad SMARTS) is 1. The van der Waals surface area contributed by atoms with Gasteiger partial charge in [0.25, 0.3) is 10.0 Å². The first-order chi connectivity index (χ1) is 19.3. The maximum Gasteiger partial charge on any atom is 0.428 e. The number of benzene rings is 2. The molecule has 15 heteroatoms. The standard InChI is InChI=1S/C26H28F4N2O8S/c1-38-22-14-18(7-8-19(22)27)41(36,37)32-15-17(6-10-23(33)34)39-21-9-5-16(13-20(21)32)31-24(35)40-25(26(28,29)30)11-3-2-4-12-25/h5,7-9,13-14,17H,2-4,6,10-12,15H2,1H3,(H,31,35)(H,33,34). The summed E-state index contributed by atoms with van der Waals surface area (Å²) in [6.45, 7) is -0.340. The van der Waals surface area contributed by atoms with E-state index in [1.165, 1.54) is 18.2 Å². The number of carboxylic acids is 1. The number of methoxy groups -OCH3 is 1. The lowest BCUT2D eigenvalue weighted by molar-refractivity contribution is -0.266. The molecule has 0 aromatic heterocycles. The van der Waals surface area contributed by atoms with Gasteiger partial charge >= 0.3 is 18.2 Å². The Balaban J connectivity index is 1.66. The summed E-state index contributed by atoms with van der Waals surface area (Å²) in [5.41, 5.74) is -2.78. The summed E-state index contributed by atoms with van der Waals surface area (Å²) < 4.78 is 99.4. The van der Waals surface area contributed by atoms with Gasteiger partial charge in [-0.2, -0.15) is 13.2 Å². The largest absolute Gasteiger partial charge is 0.494 e. The molecule has 2 aromatic carbocycles. The molecule has 2 aromatic rings. The lowest BCUT2D eigenvalue weighted by Crippen LogP contribution is -2.51. The van der Waals surface area contributed by atoms with Gasteiger partial charge in [-0.25, -0.2) is 17.6 Å². The van der Waals surface area contributed by atoms with Crippen LogP contribution < -0.4 is 19.1 Å². The van der Waals surface area contributed by atoms with Crippen LogP contribution in [0.1, 0.15) is 44.9 Å². The number of nitrogens with zero attached hydrogens (tertiary/aromatic N) is 1. The summed E-state index contributed by atoms with van der Waals surface area (Å²) in [7, 11) is -3.27. The lowest BCUT2D eigenvalue weighted by Gasteiger charge is -2.38. The fraction of sp³-hybridized carbons (Fsp3) is 0.462. The topological polar surface area (TPSA) is 131 Å². The molecule has 0 radical (unpaired) electrons. The summed E-state index contributed by atoms with van der Waals surface area (Å²) in [6.07, 6.45) is -7.04. The SMILES string of the molecule is COc1cc(S(=O)(=O)N2CC(CCC(=O)O)Oc3ccc(NC(=O)OC4(C(F)(F)F)CCCCC4)cc32)ccc1F. The number of carbonyl (C=O) groups is 2. The van der Waals surface area contributed by atoms with Gasteiger partial charge in [-0.3, -0.25) is 14.4 Å². The second kappa shape index (κ2) is 11.6. The Morgan fingerprint density at radius 3 is 2.49 bits per heavy atom. The first-order valence-electron chi connectivity index (χ1n) is 12.7. The predicted octanol–water partition coefficient (Wildman–Crippen LogP) is 5.47. The smallest absolute Gasteiger partial charge is 0.428 e. The number of aliphatic carboxylic acids is 1. The van der Waals surface area contributed by atoms with Crippen LogP contribution in [-0.4, -0.2) is 57.1 Å². The van der Waals surface area contributed by atoms with E-state index in [1.54, 1.807) is 0 Å². The Labute approximate surface area is 233 Å². The van der Waals surface area contributed by atoms with Crippen molar-refractivity contribution in [2.45, 2.75) is 67.7 Å². The van der Waals surface area contributed by atoms with Gasteiger partial charge in [0.2, 0.25) is 5.60 Å². The number of anilines is 2. The minimum absolute atomic E-state index is 0.0160. The maximum absolute atomic E-state index is 14.0. The fourth-order valence-electron chi connectivity index (χ4n) is 4.87. The van der Waals surface area contributed by atoms with Crippen LogP contribution in [-0.2, 0) is 19.6 Å². The summed E-state index contributed by atoms with van der Waals surface area (Å²) in [4.78, 5) is 23.4. The number of sulfonamides is 1. The Hall–Kier alpha value is -3.75. The molecule has 2 aliphatic rings. The van der Waals surface area contributed by atoms with Gasteiger partial charge in [-0.1, -0.05) is 6.42 Å². The van der Waals surface area contributed by atoms with Crippen molar-refractivity contribution in [3.05, 3.63) is 42.2 Å². The van der Waals surface area contributed by atoms with Crippen LogP contribution >= 0.6 is 0 Å². The molecule has 0 bridgehead atoms. The minimum atomic E-state index is -4.78. The fourth-order valence-corrected chi connectivity index (χ4v) is 6.38. The van der Waals surface area contributed by atoms with Gasteiger partial charge in [0.15, 0.2) is 11.6 Å². The van der Waals surface area contributed by atoms with E-state index >= 15 is 0 Å². The number of alkyl halides is 3. The van der Waals surface area contributed by atoms with E-state index in [1.807, 2.05) is 0 Å². The quantitative estimate of drug-likeness (QED) is 0.380. The van der Waals surface area contributed by atoms with E-state index in [0.717, 1.165) is 29.6 Å². The summed E-state index contributed by atoms with van der Waals surface area (Å²) in [6, 6.07) is 6.67. The molecule has 1 heterocycles. The average molecular weight is 605 g/mol. The van der Waals surface area contributed by atoms with Crippen molar-refractivity contribution < 1.29 is 54.9 Å². The average Bonchev–Trinajstić information content (AvgIpc) is 2.91. The number of nitrogens with one attached hydrogen (secondary N) is 1. The van der Waals surface area contributed by atoms with Gasteiger partial charge in [0.05, 0.1) is 24.2 Å². The van der Waals surface area contributed by atoms with Crippen molar-refractivity contribution in [2.24, 2.45) is 0 Å². The van der Waals surface area contributed by atoms with Crippen LogP contribution in [0.5, 0.6) is 11.5 Å². The van der Waals surface area contributed by atoms with Crippen LogP contribution in [0.4, 0.5) is 33.7 Å². The molecule has 1 saturated carbocycles. The molecule has 10 nitrogen and oxygen atoms in total. The normalized spacial score (nSPS) is 18.6. The molecule has 224 valence electrons. The highest BCUT2D eigenvalue weighted by Crippen LogP contribution is 2.45. The number of ether oxygens (including phenoxy) is 3. The highest BCUT2D eigenvalue weighted by atomic mass is 32.2. The zero-order chi connectivity index (χ0) is 30.0. The number of rotatable bonds is 8. The Bertz CT molecular complexity index is 1410. The number of hydrogen-bond acceptors (Lipinski definition) is 7. The highest BCUT2D eigenvalue weighted by molar-refractivity contribution is 7.92. The predicted molar refractivity (Wildman–Crippen MR) is 137 cm³/mol. The van der Waals surface area contributed by atoms with E-state index in [-0.39, 0.29) is 72.8 Å². The molecule has 0 saturated heterocycles. The number of carbonyl (C=O) groups excluding carboxylic acids is 1. The van der Waals surface area contributed by atoms with Crippen molar-refractivity contribution in [3.8, 4) is 11.5 Å². The Morgan fingerprint density at radius 1 is 1.15 bits per heavy atom. The monoisotopic (exact) mass is 604 g/mol. The third-order valence-electron chi connectivity index (χ3n) is 6.99. The molecule has 1 atom stereocenters. The molecule has 0 spiro atoms. The van der Waals surface area contributed by atoms with E-state index in [2.05, 4.69) is 5.32 Å². The summed E-state index contributed by atoms with van der Waals surface area (Å²) in [5.74, 6) is -2.24. The molecule has 1 amide bonds. The second-order valence-electron chi connectivity index (χ2n) is 9.75. The third-order valence-corrected chi connectivity index (χ3v) is 8.77. The minimum Gasteiger partial charge on any atom is -0.494 e.